The molecule has 2 fully saturated rings. The molecule has 2 aromatic rings. The average molecular weight is 403 g/mol. The topological polar surface area (TPSA) is 49.4 Å². The predicted octanol–water partition coefficient (Wildman–Crippen LogP) is 4.69. The molecule has 140 valence electrons. The number of nitrogens with zero attached hydrogens (tertiary/aromatic N) is 1. The molecule has 0 unspecified atom stereocenters. The van der Waals surface area contributed by atoms with E-state index in [4.69, 9.17) is 23.2 Å². The number of rotatable bonds is 6. The second-order valence-electron chi connectivity index (χ2n) is 7.27. The standard InChI is InChI=1S/C21H20Cl2N2O2/c22-16-9-15(10-17(23)11-16)21(27)25(19-7-8-19)12-13-1-3-14(4-2-13)20(26)24-18-5-6-18/h1-4,9-11,18-19H,5-8,12H2,(H,24,26). The molecule has 2 aliphatic carbocycles. The molecule has 4 nitrogen and oxygen atoms in total. The lowest BCUT2D eigenvalue weighted by atomic mass is 10.1. The summed E-state index contributed by atoms with van der Waals surface area (Å²) in [7, 11) is 0. The number of hydrogen-bond acceptors (Lipinski definition) is 2. The van der Waals surface area contributed by atoms with Crippen LogP contribution in [0.15, 0.2) is 42.5 Å². The van der Waals surface area contributed by atoms with Gasteiger partial charge in [-0.15, -0.1) is 0 Å². The van der Waals surface area contributed by atoms with Crippen molar-refractivity contribution in [1.82, 2.24) is 10.2 Å². The highest BCUT2D eigenvalue weighted by molar-refractivity contribution is 6.35. The smallest absolute Gasteiger partial charge is 0.254 e. The number of halogens is 2. The SMILES string of the molecule is O=C(NC1CC1)c1ccc(CN(C(=O)c2cc(Cl)cc(Cl)c2)C2CC2)cc1. The highest BCUT2D eigenvalue weighted by atomic mass is 35.5. The lowest BCUT2D eigenvalue weighted by molar-refractivity contribution is 0.0729. The highest BCUT2D eigenvalue weighted by Crippen LogP contribution is 2.31. The van der Waals surface area contributed by atoms with Crippen LogP contribution in [0, 0.1) is 0 Å². The normalized spacial score (nSPS) is 16.1. The molecule has 2 saturated carbocycles. The second-order valence-corrected chi connectivity index (χ2v) is 8.14. The van der Waals surface area contributed by atoms with Gasteiger partial charge in [0.05, 0.1) is 0 Å². The van der Waals surface area contributed by atoms with Crippen molar-refractivity contribution < 1.29 is 9.59 Å². The van der Waals surface area contributed by atoms with Gasteiger partial charge in [0, 0.05) is 39.8 Å². The molecule has 6 heteroatoms. The molecule has 0 atom stereocenters. The fourth-order valence-corrected chi connectivity index (χ4v) is 3.58. The summed E-state index contributed by atoms with van der Waals surface area (Å²) in [5.41, 5.74) is 2.14. The third-order valence-electron chi connectivity index (χ3n) is 4.84. The number of nitrogens with one attached hydrogen (secondary N) is 1. The zero-order valence-electron chi connectivity index (χ0n) is 14.8. The Kier molecular flexibility index (Phi) is 5.11. The van der Waals surface area contributed by atoms with Crippen molar-refractivity contribution in [3.63, 3.8) is 0 Å². The zero-order valence-corrected chi connectivity index (χ0v) is 16.3. The van der Waals surface area contributed by atoms with Gasteiger partial charge in [-0.05, 0) is 61.6 Å². The quantitative estimate of drug-likeness (QED) is 0.761. The molecule has 2 aromatic carbocycles. The first-order valence-electron chi connectivity index (χ1n) is 9.16. The van der Waals surface area contributed by atoms with Crippen molar-refractivity contribution in [2.75, 3.05) is 0 Å². The van der Waals surface area contributed by atoms with Gasteiger partial charge in [-0.2, -0.15) is 0 Å². The zero-order chi connectivity index (χ0) is 19.0. The number of carbonyl (C=O) groups is 2. The lowest BCUT2D eigenvalue weighted by Crippen LogP contribution is -2.32. The van der Waals surface area contributed by atoms with E-state index in [1.165, 1.54) is 0 Å². The Hall–Kier alpha value is -2.04. The number of hydrogen-bond donors (Lipinski definition) is 1. The van der Waals surface area contributed by atoms with Gasteiger partial charge in [-0.1, -0.05) is 35.3 Å². The summed E-state index contributed by atoms with van der Waals surface area (Å²) in [6.45, 7) is 0.498. The summed E-state index contributed by atoms with van der Waals surface area (Å²) in [5, 5.41) is 3.88. The van der Waals surface area contributed by atoms with E-state index in [0.29, 0.717) is 33.8 Å². The average Bonchev–Trinajstić information content (AvgIpc) is 3.53. The minimum atomic E-state index is -0.0718. The fraction of sp³-hybridized carbons (Fsp3) is 0.333. The predicted molar refractivity (Wildman–Crippen MR) is 106 cm³/mol. The Bertz CT molecular complexity index is 854. The maximum absolute atomic E-state index is 13.0. The monoisotopic (exact) mass is 402 g/mol. The number of carbonyl (C=O) groups excluding carboxylic acids is 2. The van der Waals surface area contributed by atoms with Crippen molar-refractivity contribution in [2.45, 2.75) is 44.3 Å². The van der Waals surface area contributed by atoms with E-state index in [1.54, 1.807) is 18.2 Å². The van der Waals surface area contributed by atoms with Gasteiger partial charge in [0.1, 0.15) is 0 Å². The molecule has 0 saturated heterocycles. The Labute approximate surface area is 168 Å². The van der Waals surface area contributed by atoms with Gasteiger partial charge in [0.25, 0.3) is 11.8 Å². The van der Waals surface area contributed by atoms with Gasteiger partial charge >= 0.3 is 0 Å². The lowest BCUT2D eigenvalue weighted by Gasteiger charge is -2.23. The van der Waals surface area contributed by atoms with E-state index >= 15 is 0 Å². The summed E-state index contributed by atoms with van der Waals surface area (Å²) in [4.78, 5) is 26.9. The van der Waals surface area contributed by atoms with E-state index in [2.05, 4.69) is 5.32 Å². The van der Waals surface area contributed by atoms with E-state index < -0.39 is 0 Å². The largest absolute Gasteiger partial charge is 0.349 e. The van der Waals surface area contributed by atoms with Crippen LogP contribution in [0.5, 0.6) is 0 Å². The molecule has 0 radical (unpaired) electrons. The van der Waals surface area contributed by atoms with Crippen LogP contribution in [-0.4, -0.2) is 28.8 Å². The minimum absolute atomic E-state index is 0.0345. The van der Waals surface area contributed by atoms with Crippen LogP contribution >= 0.6 is 23.2 Å². The van der Waals surface area contributed by atoms with Crippen molar-refractivity contribution in [2.24, 2.45) is 0 Å². The number of amides is 2. The van der Waals surface area contributed by atoms with E-state index in [0.717, 1.165) is 31.2 Å². The van der Waals surface area contributed by atoms with Gasteiger partial charge in [-0.25, -0.2) is 0 Å². The Balaban J connectivity index is 1.48. The third kappa shape index (κ3) is 4.63. The minimum Gasteiger partial charge on any atom is -0.349 e. The molecular formula is C21H20Cl2N2O2. The summed E-state index contributed by atoms with van der Waals surface area (Å²) in [6, 6.07) is 13.0. The molecule has 0 aliphatic heterocycles. The summed E-state index contributed by atoms with van der Waals surface area (Å²) in [6.07, 6.45) is 4.13. The molecule has 2 amide bonds. The van der Waals surface area contributed by atoms with Crippen molar-refractivity contribution in [3.05, 3.63) is 69.2 Å². The van der Waals surface area contributed by atoms with Gasteiger partial charge in [0.15, 0.2) is 0 Å². The maximum atomic E-state index is 13.0. The summed E-state index contributed by atoms with van der Waals surface area (Å²) in [5.74, 6) is -0.106. The molecule has 0 aromatic heterocycles. The van der Waals surface area contributed by atoms with Crippen LogP contribution in [0.1, 0.15) is 52.0 Å². The molecule has 0 spiro atoms. The molecular weight excluding hydrogens is 383 g/mol. The molecule has 2 aliphatic rings. The van der Waals surface area contributed by atoms with Crippen LogP contribution in [0.2, 0.25) is 10.0 Å². The maximum Gasteiger partial charge on any atom is 0.254 e. The molecule has 4 rings (SSSR count). The van der Waals surface area contributed by atoms with Crippen LogP contribution in [-0.2, 0) is 6.54 Å². The van der Waals surface area contributed by atoms with Gasteiger partial charge in [-0.3, -0.25) is 9.59 Å². The first-order valence-corrected chi connectivity index (χ1v) is 9.92. The Morgan fingerprint density at radius 2 is 1.56 bits per heavy atom. The van der Waals surface area contributed by atoms with Crippen molar-refractivity contribution in [1.29, 1.82) is 0 Å². The van der Waals surface area contributed by atoms with Crippen molar-refractivity contribution >= 4 is 35.0 Å². The van der Waals surface area contributed by atoms with Crippen LogP contribution in [0.25, 0.3) is 0 Å². The third-order valence-corrected chi connectivity index (χ3v) is 5.28. The van der Waals surface area contributed by atoms with Crippen molar-refractivity contribution in [3.8, 4) is 0 Å². The molecule has 0 heterocycles. The van der Waals surface area contributed by atoms with E-state index in [-0.39, 0.29) is 17.9 Å². The Morgan fingerprint density at radius 1 is 0.926 bits per heavy atom. The summed E-state index contributed by atoms with van der Waals surface area (Å²) < 4.78 is 0. The van der Waals surface area contributed by atoms with Crippen LogP contribution < -0.4 is 5.32 Å². The second kappa shape index (κ2) is 7.53. The van der Waals surface area contributed by atoms with Crippen LogP contribution in [0.4, 0.5) is 0 Å². The Morgan fingerprint density at radius 3 is 2.11 bits per heavy atom. The molecule has 27 heavy (non-hydrogen) atoms. The van der Waals surface area contributed by atoms with E-state index in [1.807, 2.05) is 29.2 Å². The van der Waals surface area contributed by atoms with Gasteiger partial charge < -0.3 is 10.2 Å². The van der Waals surface area contributed by atoms with E-state index in [9.17, 15) is 9.59 Å². The fourth-order valence-electron chi connectivity index (χ4n) is 3.05. The number of benzene rings is 2. The first kappa shape index (κ1) is 18.3. The highest BCUT2D eigenvalue weighted by Gasteiger charge is 2.33. The first-order chi connectivity index (χ1) is 13.0. The molecule has 0 bridgehead atoms. The van der Waals surface area contributed by atoms with Gasteiger partial charge in [0.2, 0.25) is 0 Å². The molecule has 1 N–H and O–H groups in total. The summed E-state index contributed by atoms with van der Waals surface area (Å²) >= 11 is 12.1. The van der Waals surface area contributed by atoms with Crippen LogP contribution in [0.3, 0.4) is 0 Å².